The van der Waals surface area contributed by atoms with E-state index in [4.69, 9.17) is 4.74 Å². The van der Waals surface area contributed by atoms with Crippen molar-refractivity contribution in [2.24, 2.45) is 5.92 Å². The SMILES string of the molecule is C1=COC(C2CCCCCCCCCC2)=C[N]1. The van der Waals surface area contributed by atoms with Crippen LogP contribution in [0, 0.1) is 5.92 Å². The van der Waals surface area contributed by atoms with Crippen LogP contribution in [0.1, 0.15) is 64.2 Å². The Morgan fingerprint density at radius 2 is 1.47 bits per heavy atom. The Labute approximate surface area is 105 Å². The maximum absolute atomic E-state index is 5.60. The average Bonchev–Trinajstić information content (AvgIpc) is 2.45. The Morgan fingerprint density at radius 1 is 0.882 bits per heavy atom. The van der Waals surface area contributed by atoms with Crippen LogP contribution >= 0.6 is 0 Å². The summed E-state index contributed by atoms with van der Waals surface area (Å²) in [6.07, 6.45) is 19.0. The molecule has 17 heavy (non-hydrogen) atoms. The van der Waals surface area contributed by atoms with Crippen LogP contribution in [0.2, 0.25) is 0 Å². The minimum absolute atomic E-state index is 0.599. The van der Waals surface area contributed by atoms with Gasteiger partial charge < -0.3 is 4.74 Å². The van der Waals surface area contributed by atoms with E-state index in [9.17, 15) is 0 Å². The second kappa shape index (κ2) is 7.41. The highest BCUT2D eigenvalue weighted by atomic mass is 16.5. The zero-order chi connectivity index (χ0) is 11.8. The molecule has 1 aliphatic carbocycles. The van der Waals surface area contributed by atoms with Gasteiger partial charge in [0.15, 0.2) is 0 Å². The van der Waals surface area contributed by atoms with E-state index in [2.05, 4.69) is 5.32 Å². The van der Waals surface area contributed by atoms with Crippen LogP contribution < -0.4 is 5.32 Å². The molecular formula is C15H24NO. The first-order valence-corrected chi connectivity index (χ1v) is 7.18. The van der Waals surface area contributed by atoms with Crippen molar-refractivity contribution in [1.82, 2.24) is 5.32 Å². The minimum atomic E-state index is 0.599. The van der Waals surface area contributed by atoms with Crippen LogP contribution in [0.15, 0.2) is 24.4 Å². The molecule has 1 heterocycles. The molecule has 0 unspecified atom stereocenters. The van der Waals surface area contributed by atoms with E-state index in [1.807, 2.05) is 6.20 Å². The predicted octanol–water partition coefficient (Wildman–Crippen LogP) is 4.46. The number of rotatable bonds is 1. The summed E-state index contributed by atoms with van der Waals surface area (Å²) in [6.45, 7) is 0. The van der Waals surface area contributed by atoms with Crippen molar-refractivity contribution in [3.05, 3.63) is 24.4 Å². The predicted molar refractivity (Wildman–Crippen MR) is 70.1 cm³/mol. The third kappa shape index (κ3) is 4.45. The number of allylic oxidation sites excluding steroid dienone is 1. The summed E-state index contributed by atoms with van der Waals surface area (Å²) in [6, 6.07) is 0. The van der Waals surface area contributed by atoms with E-state index < -0.39 is 0 Å². The first-order chi connectivity index (χ1) is 8.47. The summed E-state index contributed by atoms with van der Waals surface area (Å²) < 4.78 is 5.60. The van der Waals surface area contributed by atoms with E-state index in [0.717, 1.165) is 5.76 Å². The van der Waals surface area contributed by atoms with Gasteiger partial charge in [0.1, 0.15) is 12.0 Å². The molecule has 0 aromatic rings. The molecule has 2 heteroatoms. The fourth-order valence-corrected chi connectivity index (χ4v) is 2.76. The Hall–Kier alpha value is -0.920. The molecule has 1 saturated carbocycles. The lowest BCUT2D eigenvalue weighted by Crippen LogP contribution is -2.10. The molecule has 0 saturated heterocycles. The second-order valence-corrected chi connectivity index (χ2v) is 5.19. The van der Waals surface area contributed by atoms with Gasteiger partial charge in [0.05, 0.1) is 12.4 Å². The van der Waals surface area contributed by atoms with Crippen molar-refractivity contribution in [2.75, 3.05) is 0 Å². The van der Waals surface area contributed by atoms with Crippen molar-refractivity contribution in [3.63, 3.8) is 0 Å². The first-order valence-electron chi connectivity index (χ1n) is 7.18. The van der Waals surface area contributed by atoms with Gasteiger partial charge in [-0.1, -0.05) is 51.4 Å². The molecule has 1 radical (unpaired) electrons. The van der Waals surface area contributed by atoms with Crippen LogP contribution in [-0.2, 0) is 4.74 Å². The Bertz CT molecular complexity index is 258. The van der Waals surface area contributed by atoms with E-state index >= 15 is 0 Å². The summed E-state index contributed by atoms with van der Waals surface area (Å²) in [5.74, 6) is 1.69. The lowest BCUT2D eigenvalue weighted by molar-refractivity contribution is 0.256. The number of hydrogen-bond acceptors (Lipinski definition) is 1. The largest absolute Gasteiger partial charge is 0.466 e. The van der Waals surface area contributed by atoms with Gasteiger partial charge in [0, 0.05) is 5.92 Å². The quantitative estimate of drug-likeness (QED) is 0.656. The van der Waals surface area contributed by atoms with Crippen molar-refractivity contribution in [3.8, 4) is 0 Å². The van der Waals surface area contributed by atoms with Gasteiger partial charge in [-0.25, -0.2) is 0 Å². The van der Waals surface area contributed by atoms with Gasteiger partial charge in [-0.2, -0.15) is 0 Å². The molecule has 0 amide bonds. The summed E-state index contributed by atoms with van der Waals surface area (Å²) in [4.78, 5) is 0. The molecule has 2 aliphatic rings. The van der Waals surface area contributed by atoms with E-state index in [0.29, 0.717) is 5.92 Å². The fourth-order valence-electron chi connectivity index (χ4n) is 2.76. The van der Waals surface area contributed by atoms with Gasteiger partial charge in [-0.3, -0.25) is 5.32 Å². The average molecular weight is 234 g/mol. The van der Waals surface area contributed by atoms with Crippen LogP contribution in [0.25, 0.3) is 0 Å². The molecule has 0 spiro atoms. The molecule has 0 aromatic carbocycles. The lowest BCUT2D eigenvalue weighted by atomic mass is 9.93. The smallest absolute Gasteiger partial charge is 0.124 e. The highest BCUT2D eigenvalue weighted by molar-refractivity contribution is 5.04. The molecule has 0 aromatic heterocycles. The van der Waals surface area contributed by atoms with Crippen LogP contribution in [0.3, 0.4) is 0 Å². The normalized spacial score (nSPS) is 24.1. The van der Waals surface area contributed by atoms with Crippen molar-refractivity contribution in [2.45, 2.75) is 64.2 Å². The molecule has 1 fully saturated rings. The van der Waals surface area contributed by atoms with Crippen molar-refractivity contribution in [1.29, 1.82) is 0 Å². The highest BCUT2D eigenvalue weighted by Gasteiger charge is 2.17. The van der Waals surface area contributed by atoms with Gasteiger partial charge in [-0.15, -0.1) is 0 Å². The molecule has 0 atom stereocenters. The molecule has 1 aliphatic heterocycles. The summed E-state index contributed by atoms with van der Waals surface area (Å²) in [5, 5.41) is 4.18. The number of nitrogens with zero attached hydrogens (tertiary/aromatic N) is 1. The summed E-state index contributed by atoms with van der Waals surface area (Å²) in [7, 11) is 0. The Balaban J connectivity index is 1.85. The lowest BCUT2D eigenvalue weighted by Gasteiger charge is -2.20. The maximum Gasteiger partial charge on any atom is 0.124 e. The third-order valence-electron chi connectivity index (χ3n) is 3.81. The fraction of sp³-hybridized carbons (Fsp3) is 0.733. The number of ether oxygens (including phenoxy) is 1. The topological polar surface area (TPSA) is 23.3 Å². The zero-order valence-electron chi connectivity index (χ0n) is 10.7. The molecule has 2 nitrogen and oxygen atoms in total. The molecule has 95 valence electrons. The second-order valence-electron chi connectivity index (χ2n) is 5.19. The van der Waals surface area contributed by atoms with Crippen molar-refractivity contribution >= 4 is 0 Å². The Morgan fingerprint density at radius 3 is 2.00 bits per heavy atom. The van der Waals surface area contributed by atoms with E-state index in [1.54, 1.807) is 12.5 Å². The van der Waals surface area contributed by atoms with Gasteiger partial charge >= 0.3 is 0 Å². The molecule has 2 rings (SSSR count). The van der Waals surface area contributed by atoms with Gasteiger partial charge in [0.2, 0.25) is 0 Å². The molecule has 0 bridgehead atoms. The molecular weight excluding hydrogens is 210 g/mol. The van der Waals surface area contributed by atoms with Crippen LogP contribution in [0.5, 0.6) is 0 Å². The van der Waals surface area contributed by atoms with E-state index in [-0.39, 0.29) is 0 Å². The summed E-state index contributed by atoms with van der Waals surface area (Å²) >= 11 is 0. The Kier molecular flexibility index (Phi) is 5.47. The minimum Gasteiger partial charge on any atom is -0.466 e. The standard InChI is InChI=1S/C15H24NO/c1-2-4-6-8-10-14(9-7-5-3-1)15-13-16-11-12-17-15/h11-14H,1-10H2. The van der Waals surface area contributed by atoms with Gasteiger partial charge in [0.25, 0.3) is 0 Å². The van der Waals surface area contributed by atoms with Gasteiger partial charge in [-0.05, 0) is 12.8 Å². The first kappa shape index (κ1) is 12.5. The van der Waals surface area contributed by atoms with Crippen molar-refractivity contribution < 1.29 is 4.74 Å². The highest BCUT2D eigenvalue weighted by Crippen LogP contribution is 2.28. The third-order valence-corrected chi connectivity index (χ3v) is 3.81. The monoisotopic (exact) mass is 234 g/mol. The van der Waals surface area contributed by atoms with Crippen LogP contribution in [-0.4, -0.2) is 0 Å². The maximum atomic E-state index is 5.60. The van der Waals surface area contributed by atoms with Crippen LogP contribution in [0.4, 0.5) is 0 Å². The zero-order valence-corrected chi connectivity index (χ0v) is 10.7. The van der Waals surface area contributed by atoms with E-state index in [1.165, 1.54) is 64.2 Å². The number of hydrogen-bond donors (Lipinski definition) is 0. The molecule has 0 N–H and O–H groups in total. The summed E-state index contributed by atoms with van der Waals surface area (Å²) in [5.41, 5.74) is 0.